The van der Waals surface area contributed by atoms with Crippen molar-refractivity contribution in [1.82, 2.24) is 0 Å². The third-order valence-corrected chi connectivity index (χ3v) is 4.30. The third-order valence-electron chi connectivity index (χ3n) is 2.32. The number of nitrogens with one attached hydrogen (secondary N) is 1. The van der Waals surface area contributed by atoms with E-state index in [4.69, 9.17) is 9.05 Å². The van der Waals surface area contributed by atoms with E-state index in [1.54, 1.807) is 26.0 Å². The van der Waals surface area contributed by atoms with E-state index in [2.05, 4.69) is 5.32 Å². The quantitative estimate of drug-likeness (QED) is 0.781. The van der Waals surface area contributed by atoms with Crippen LogP contribution in [0.15, 0.2) is 24.3 Å². The molecule has 1 aromatic carbocycles. The highest BCUT2D eigenvalue weighted by Gasteiger charge is 2.27. The molecule has 0 aliphatic heterocycles. The molecule has 0 spiro atoms. The highest BCUT2D eigenvalue weighted by atomic mass is 31.2. The maximum absolute atomic E-state index is 12.2. The molecule has 1 amide bonds. The number of carbonyl (C=O) groups is 1. The molecule has 0 aliphatic carbocycles. The molecule has 0 unspecified atom stereocenters. The number of aryl methyl sites for hydroxylation is 1. The van der Waals surface area contributed by atoms with Crippen LogP contribution in [0.1, 0.15) is 19.4 Å². The van der Waals surface area contributed by atoms with Crippen molar-refractivity contribution in [2.45, 2.75) is 20.8 Å². The average molecular weight is 285 g/mol. The van der Waals surface area contributed by atoms with E-state index < -0.39 is 7.60 Å². The van der Waals surface area contributed by atoms with Crippen molar-refractivity contribution in [3.05, 3.63) is 29.8 Å². The number of rotatable bonds is 7. The molecule has 0 saturated carbocycles. The summed E-state index contributed by atoms with van der Waals surface area (Å²) < 4.78 is 22.3. The van der Waals surface area contributed by atoms with Gasteiger partial charge in [-0.05, 0) is 32.9 Å². The first-order valence-corrected chi connectivity index (χ1v) is 7.96. The molecule has 0 aliphatic rings. The van der Waals surface area contributed by atoms with Gasteiger partial charge in [-0.25, -0.2) is 0 Å². The largest absolute Gasteiger partial charge is 0.340 e. The van der Waals surface area contributed by atoms with Gasteiger partial charge in [0.2, 0.25) is 5.91 Å². The SMILES string of the molecule is CCOP(=O)(CC(=O)Nc1ccc(C)cc1)OCC. The fourth-order valence-electron chi connectivity index (χ4n) is 1.54. The summed E-state index contributed by atoms with van der Waals surface area (Å²) in [6.07, 6.45) is -0.275. The van der Waals surface area contributed by atoms with Gasteiger partial charge in [-0.3, -0.25) is 9.36 Å². The summed E-state index contributed by atoms with van der Waals surface area (Å²) in [6, 6.07) is 7.36. The molecule has 1 aromatic rings. The molecule has 1 N–H and O–H groups in total. The van der Waals surface area contributed by atoms with Crippen LogP contribution in [0.2, 0.25) is 0 Å². The van der Waals surface area contributed by atoms with Gasteiger partial charge in [0, 0.05) is 5.69 Å². The Morgan fingerprint density at radius 1 is 1.16 bits per heavy atom. The first kappa shape index (κ1) is 15.9. The monoisotopic (exact) mass is 285 g/mol. The lowest BCUT2D eigenvalue weighted by molar-refractivity contribution is -0.114. The second kappa shape index (κ2) is 7.43. The number of amides is 1. The first-order chi connectivity index (χ1) is 8.99. The standard InChI is InChI=1S/C13H20NO4P/c1-4-17-19(16,18-5-2)10-13(15)14-12-8-6-11(3)7-9-12/h6-9H,4-5,10H2,1-3H3,(H,14,15). The molecular formula is C13H20NO4P. The van der Waals surface area contributed by atoms with Gasteiger partial charge in [-0.2, -0.15) is 0 Å². The number of benzene rings is 1. The van der Waals surface area contributed by atoms with E-state index in [1.165, 1.54) is 0 Å². The van der Waals surface area contributed by atoms with Gasteiger partial charge in [0.05, 0.1) is 13.2 Å². The van der Waals surface area contributed by atoms with Crippen molar-refractivity contribution in [3.63, 3.8) is 0 Å². The minimum Gasteiger partial charge on any atom is -0.326 e. The molecule has 0 heterocycles. The van der Waals surface area contributed by atoms with Gasteiger partial charge < -0.3 is 14.4 Å². The van der Waals surface area contributed by atoms with Gasteiger partial charge in [-0.15, -0.1) is 0 Å². The molecule has 0 aromatic heterocycles. The van der Waals surface area contributed by atoms with Gasteiger partial charge in [-0.1, -0.05) is 17.7 Å². The van der Waals surface area contributed by atoms with Gasteiger partial charge >= 0.3 is 7.60 Å². The molecule has 19 heavy (non-hydrogen) atoms. The molecule has 0 saturated heterocycles. The van der Waals surface area contributed by atoms with Gasteiger partial charge in [0.1, 0.15) is 6.16 Å². The number of hydrogen-bond acceptors (Lipinski definition) is 4. The second-order valence-electron chi connectivity index (χ2n) is 4.02. The highest BCUT2D eigenvalue weighted by Crippen LogP contribution is 2.47. The van der Waals surface area contributed by atoms with Crippen LogP contribution in [0.3, 0.4) is 0 Å². The fraction of sp³-hybridized carbons (Fsp3) is 0.462. The summed E-state index contributed by atoms with van der Waals surface area (Å²) in [7, 11) is -3.33. The molecule has 0 fully saturated rings. The Hall–Kier alpha value is -1.16. The van der Waals surface area contributed by atoms with E-state index in [0.29, 0.717) is 5.69 Å². The van der Waals surface area contributed by atoms with Crippen molar-refractivity contribution in [3.8, 4) is 0 Å². The van der Waals surface area contributed by atoms with E-state index >= 15 is 0 Å². The Labute approximate surface area is 113 Å². The predicted octanol–water partition coefficient (Wildman–Crippen LogP) is 3.20. The lowest BCUT2D eigenvalue weighted by atomic mass is 10.2. The lowest BCUT2D eigenvalue weighted by Gasteiger charge is -2.16. The maximum atomic E-state index is 12.2. The molecule has 0 atom stereocenters. The van der Waals surface area contributed by atoms with Crippen LogP contribution in [0.4, 0.5) is 5.69 Å². The zero-order valence-corrected chi connectivity index (χ0v) is 12.4. The summed E-state index contributed by atoms with van der Waals surface area (Å²) in [5.74, 6) is -0.380. The second-order valence-corrected chi connectivity index (χ2v) is 6.07. The molecule has 0 bridgehead atoms. The molecular weight excluding hydrogens is 265 g/mol. The highest BCUT2D eigenvalue weighted by molar-refractivity contribution is 7.54. The first-order valence-electron chi connectivity index (χ1n) is 6.23. The normalized spacial score (nSPS) is 11.3. The van der Waals surface area contributed by atoms with E-state index in [9.17, 15) is 9.36 Å². The van der Waals surface area contributed by atoms with Crippen LogP contribution in [0, 0.1) is 6.92 Å². The van der Waals surface area contributed by atoms with E-state index in [0.717, 1.165) is 5.56 Å². The Morgan fingerprint density at radius 2 is 1.68 bits per heavy atom. The third kappa shape index (κ3) is 5.55. The molecule has 5 nitrogen and oxygen atoms in total. The topological polar surface area (TPSA) is 64.6 Å². The van der Waals surface area contributed by atoms with E-state index in [-0.39, 0.29) is 25.3 Å². The predicted molar refractivity (Wildman–Crippen MR) is 75.5 cm³/mol. The molecule has 6 heteroatoms. The van der Waals surface area contributed by atoms with Crippen molar-refractivity contribution >= 4 is 19.2 Å². The van der Waals surface area contributed by atoms with Crippen LogP contribution in [-0.4, -0.2) is 25.3 Å². The zero-order valence-electron chi connectivity index (χ0n) is 11.5. The van der Waals surface area contributed by atoms with Crippen LogP contribution in [0.5, 0.6) is 0 Å². The summed E-state index contributed by atoms with van der Waals surface area (Å²) >= 11 is 0. The van der Waals surface area contributed by atoms with Crippen LogP contribution in [-0.2, 0) is 18.4 Å². The summed E-state index contributed by atoms with van der Waals surface area (Å²) in [4.78, 5) is 11.8. The molecule has 106 valence electrons. The number of carbonyl (C=O) groups excluding carboxylic acids is 1. The fourth-order valence-corrected chi connectivity index (χ4v) is 3.01. The Kier molecular flexibility index (Phi) is 6.22. The summed E-state index contributed by atoms with van der Waals surface area (Å²) in [5, 5.41) is 2.67. The lowest BCUT2D eigenvalue weighted by Crippen LogP contribution is -2.18. The number of anilines is 1. The van der Waals surface area contributed by atoms with Crippen LogP contribution >= 0.6 is 7.60 Å². The van der Waals surface area contributed by atoms with Gasteiger partial charge in [0.25, 0.3) is 0 Å². The van der Waals surface area contributed by atoms with E-state index in [1.807, 2.05) is 19.1 Å². The molecule has 1 rings (SSSR count). The molecule has 0 radical (unpaired) electrons. The Morgan fingerprint density at radius 3 is 2.16 bits per heavy atom. The minimum atomic E-state index is -3.33. The average Bonchev–Trinajstić information content (AvgIpc) is 2.32. The van der Waals surface area contributed by atoms with Crippen molar-refractivity contribution in [2.75, 3.05) is 24.7 Å². The minimum absolute atomic E-state index is 0.245. The smallest absolute Gasteiger partial charge is 0.326 e. The van der Waals surface area contributed by atoms with Gasteiger partial charge in [0.15, 0.2) is 0 Å². The number of hydrogen-bond donors (Lipinski definition) is 1. The Bertz CT molecular complexity index is 448. The van der Waals surface area contributed by atoms with Crippen LogP contribution < -0.4 is 5.32 Å². The van der Waals surface area contributed by atoms with Crippen molar-refractivity contribution < 1.29 is 18.4 Å². The van der Waals surface area contributed by atoms with Crippen LogP contribution in [0.25, 0.3) is 0 Å². The maximum Gasteiger partial charge on any atom is 0.340 e. The Balaban J connectivity index is 2.62. The zero-order chi connectivity index (χ0) is 14.3. The van der Waals surface area contributed by atoms with Crippen molar-refractivity contribution in [1.29, 1.82) is 0 Å². The van der Waals surface area contributed by atoms with Crippen molar-refractivity contribution in [2.24, 2.45) is 0 Å². The summed E-state index contributed by atoms with van der Waals surface area (Å²) in [5.41, 5.74) is 1.77. The summed E-state index contributed by atoms with van der Waals surface area (Å²) in [6.45, 7) is 5.88.